The van der Waals surface area contributed by atoms with Crippen molar-refractivity contribution < 1.29 is 14.0 Å². The Kier molecular flexibility index (Phi) is 6.06. The molecule has 0 radical (unpaired) electrons. The molecule has 39 heavy (non-hydrogen) atoms. The summed E-state index contributed by atoms with van der Waals surface area (Å²) in [5, 5.41) is 19.5. The fourth-order valence-electron chi connectivity index (χ4n) is 5.36. The molecule has 7 rings (SSSR count). The van der Waals surface area contributed by atoms with Crippen molar-refractivity contribution in [1.82, 2.24) is 34.8 Å². The van der Waals surface area contributed by atoms with E-state index >= 15 is 0 Å². The van der Waals surface area contributed by atoms with E-state index in [-0.39, 0.29) is 23.7 Å². The summed E-state index contributed by atoms with van der Waals surface area (Å²) in [4.78, 5) is 32.5. The first-order valence-corrected chi connectivity index (χ1v) is 14.4. The van der Waals surface area contributed by atoms with Crippen molar-refractivity contribution in [3.63, 3.8) is 0 Å². The summed E-state index contributed by atoms with van der Waals surface area (Å²) in [6.07, 6.45) is 12.0. The summed E-state index contributed by atoms with van der Waals surface area (Å²) >= 11 is 1.66. The zero-order valence-electron chi connectivity index (χ0n) is 21.7. The molecule has 2 fully saturated rings. The number of oxazole rings is 1. The molecular formula is C27H30N8O3S. The van der Waals surface area contributed by atoms with Crippen LogP contribution in [0.5, 0.6) is 0 Å². The maximum Gasteiger partial charge on any atom is 0.252 e. The monoisotopic (exact) mass is 546 g/mol. The Morgan fingerprint density at radius 2 is 2.08 bits per heavy atom. The summed E-state index contributed by atoms with van der Waals surface area (Å²) < 4.78 is 9.13. The van der Waals surface area contributed by atoms with Crippen LogP contribution in [-0.4, -0.2) is 47.8 Å². The predicted octanol–water partition coefficient (Wildman–Crippen LogP) is 3.86. The number of carbonyl (C=O) groups is 2. The number of rotatable bonds is 10. The normalized spacial score (nSPS) is 18.6. The summed E-state index contributed by atoms with van der Waals surface area (Å²) in [7, 11) is 1.84. The number of nitrogens with zero attached hydrogens (tertiary/aromatic N) is 6. The molecular weight excluding hydrogens is 516 g/mol. The van der Waals surface area contributed by atoms with Gasteiger partial charge in [-0.25, -0.2) is 4.98 Å². The van der Waals surface area contributed by atoms with Crippen LogP contribution in [0.15, 0.2) is 29.3 Å². The third-order valence-electron chi connectivity index (χ3n) is 7.89. The third-order valence-corrected chi connectivity index (χ3v) is 9.18. The number of hydrogen-bond donors (Lipinski definition) is 2. The fourth-order valence-corrected chi connectivity index (χ4v) is 6.71. The van der Waals surface area contributed by atoms with Gasteiger partial charge in [0.15, 0.2) is 0 Å². The molecule has 11 nitrogen and oxygen atoms in total. The van der Waals surface area contributed by atoms with Crippen LogP contribution in [0.2, 0.25) is 0 Å². The zero-order chi connectivity index (χ0) is 26.5. The van der Waals surface area contributed by atoms with Crippen molar-refractivity contribution in [3.8, 4) is 11.6 Å². The molecule has 0 spiro atoms. The zero-order valence-corrected chi connectivity index (χ0v) is 22.5. The number of hydrogen-bond acceptors (Lipinski definition) is 9. The Morgan fingerprint density at radius 1 is 1.21 bits per heavy atom. The lowest BCUT2D eigenvalue weighted by atomic mass is 9.90. The minimum absolute atomic E-state index is 0.0327. The lowest BCUT2D eigenvalue weighted by Gasteiger charge is -2.25. The van der Waals surface area contributed by atoms with Gasteiger partial charge in [-0.15, -0.1) is 21.5 Å². The molecule has 1 atom stereocenters. The van der Waals surface area contributed by atoms with Gasteiger partial charge in [-0.2, -0.15) is 5.10 Å². The highest BCUT2D eigenvalue weighted by Crippen LogP contribution is 2.41. The molecule has 0 saturated heterocycles. The van der Waals surface area contributed by atoms with Gasteiger partial charge in [0.05, 0.1) is 11.8 Å². The molecule has 0 aromatic carbocycles. The van der Waals surface area contributed by atoms with Crippen LogP contribution in [0.4, 0.5) is 11.8 Å². The van der Waals surface area contributed by atoms with Crippen LogP contribution in [0, 0.1) is 11.8 Å². The number of aryl methyl sites for hydroxylation is 2. The van der Waals surface area contributed by atoms with Crippen molar-refractivity contribution in [1.29, 1.82) is 0 Å². The first-order chi connectivity index (χ1) is 19.0. The molecule has 2 N–H and O–H groups in total. The maximum absolute atomic E-state index is 13.5. The number of anilines is 2. The number of carbonyl (C=O) groups excluding carboxylic acids is 2. The number of ketones is 1. The number of amides is 1. The first-order valence-electron chi connectivity index (χ1n) is 13.6. The van der Waals surface area contributed by atoms with Crippen LogP contribution in [0.1, 0.15) is 63.8 Å². The summed E-state index contributed by atoms with van der Waals surface area (Å²) in [5.74, 6) is 2.79. The van der Waals surface area contributed by atoms with Gasteiger partial charge in [-0.05, 0) is 56.4 Å². The molecule has 4 aromatic heterocycles. The highest BCUT2D eigenvalue weighted by molar-refractivity contribution is 7.12. The van der Waals surface area contributed by atoms with E-state index in [0.717, 1.165) is 47.5 Å². The third kappa shape index (κ3) is 4.88. The SMILES string of the molecule is Cn1nc(-c2ncco2)cc1Nc1nncn1[C@H]1CCc2sc(CC(=O)C3CC3)c(C(=O)NCC3CC3)c2C1. The van der Waals surface area contributed by atoms with Crippen molar-refractivity contribution in [3.05, 3.63) is 45.7 Å². The maximum atomic E-state index is 13.5. The van der Waals surface area contributed by atoms with E-state index in [1.807, 2.05) is 17.7 Å². The van der Waals surface area contributed by atoms with Crippen LogP contribution < -0.4 is 10.6 Å². The van der Waals surface area contributed by atoms with Gasteiger partial charge in [0, 0.05) is 47.8 Å². The lowest BCUT2D eigenvalue weighted by Crippen LogP contribution is -2.28. The van der Waals surface area contributed by atoms with Crippen LogP contribution in [0.25, 0.3) is 11.6 Å². The quantitative estimate of drug-likeness (QED) is 0.306. The Balaban J connectivity index is 1.14. The van der Waals surface area contributed by atoms with Gasteiger partial charge in [-0.3, -0.25) is 18.8 Å². The molecule has 4 heterocycles. The molecule has 1 amide bonds. The summed E-state index contributed by atoms with van der Waals surface area (Å²) in [5.41, 5.74) is 2.43. The van der Waals surface area contributed by atoms with Crippen LogP contribution in [-0.2, 0) is 31.1 Å². The topological polar surface area (TPSA) is 133 Å². The molecule has 2 saturated carbocycles. The molecule has 0 aliphatic heterocycles. The molecule has 3 aliphatic carbocycles. The van der Waals surface area contributed by atoms with Crippen molar-refractivity contribution in [2.75, 3.05) is 11.9 Å². The van der Waals surface area contributed by atoms with E-state index < -0.39 is 0 Å². The first kappa shape index (κ1) is 24.3. The van der Waals surface area contributed by atoms with E-state index in [4.69, 9.17) is 4.42 Å². The van der Waals surface area contributed by atoms with E-state index in [0.29, 0.717) is 42.8 Å². The predicted molar refractivity (Wildman–Crippen MR) is 144 cm³/mol. The van der Waals surface area contributed by atoms with E-state index in [2.05, 4.69) is 30.9 Å². The second-order valence-corrected chi connectivity index (χ2v) is 12.0. The Labute approximate surface area is 229 Å². The molecule has 4 aromatic rings. The second kappa shape index (κ2) is 9.74. The number of Topliss-reactive ketones (excluding diaryl/α,β-unsaturated/α-hetero) is 1. The Hall–Kier alpha value is -3.80. The van der Waals surface area contributed by atoms with Gasteiger partial charge in [0.25, 0.3) is 5.91 Å². The van der Waals surface area contributed by atoms with Gasteiger partial charge in [-0.1, -0.05) is 0 Å². The Bertz CT molecular complexity index is 1530. The van der Waals surface area contributed by atoms with E-state index in [1.165, 1.54) is 24.0 Å². The van der Waals surface area contributed by atoms with Crippen molar-refractivity contribution in [2.45, 2.75) is 57.4 Å². The Morgan fingerprint density at radius 3 is 2.85 bits per heavy atom. The minimum atomic E-state index is -0.0327. The number of thiophene rings is 1. The standard InChI is InChI=1S/C27H30N8O3S/c1-34-23(11-19(33-34)26-28-8-9-38-26)31-27-32-30-14-35(27)17-6-7-21-18(10-17)24(25(37)29-13-15-2-3-15)22(39-21)12-20(36)16-4-5-16/h8-9,11,14-17H,2-7,10,12-13H2,1H3,(H,29,37)(H,31,32)/t17-/m0/s1. The van der Waals surface area contributed by atoms with Gasteiger partial charge < -0.3 is 15.1 Å². The van der Waals surface area contributed by atoms with E-state index in [1.54, 1.807) is 28.5 Å². The van der Waals surface area contributed by atoms with Gasteiger partial charge >= 0.3 is 0 Å². The van der Waals surface area contributed by atoms with Gasteiger partial charge in [0.1, 0.15) is 29.9 Å². The molecule has 12 heteroatoms. The molecule has 202 valence electrons. The average molecular weight is 547 g/mol. The fraction of sp³-hybridized carbons (Fsp3) is 0.481. The highest BCUT2D eigenvalue weighted by Gasteiger charge is 2.35. The van der Waals surface area contributed by atoms with Gasteiger partial charge in [0.2, 0.25) is 11.8 Å². The average Bonchev–Trinajstić information content (AvgIpc) is 3.75. The molecule has 0 bridgehead atoms. The minimum Gasteiger partial charge on any atom is -0.443 e. The number of fused-ring (bicyclic) bond motifs is 1. The second-order valence-electron chi connectivity index (χ2n) is 10.8. The van der Waals surface area contributed by atoms with Crippen molar-refractivity contribution >= 4 is 34.8 Å². The summed E-state index contributed by atoms with van der Waals surface area (Å²) in [6, 6.07) is 1.93. The molecule has 0 unspecified atom stereocenters. The van der Waals surface area contributed by atoms with E-state index in [9.17, 15) is 9.59 Å². The molecule has 3 aliphatic rings. The number of aromatic nitrogens is 6. The smallest absolute Gasteiger partial charge is 0.252 e. The van der Waals surface area contributed by atoms with Crippen molar-refractivity contribution in [2.24, 2.45) is 18.9 Å². The number of nitrogens with one attached hydrogen (secondary N) is 2. The van der Waals surface area contributed by atoms with Crippen LogP contribution in [0.3, 0.4) is 0 Å². The lowest BCUT2D eigenvalue weighted by molar-refractivity contribution is -0.119. The highest BCUT2D eigenvalue weighted by atomic mass is 32.1. The summed E-state index contributed by atoms with van der Waals surface area (Å²) in [6.45, 7) is 0.711. The van der Waals surface area contributed by atoms with Crippen LogP contribution >= 0.6 is 11.3 Å². The largest absolute Gasteiger partial charge is 0.443 e.